The number of rotatable bonds is 5. The number of fused-ring (bicyclic) bond motifs is 1. The summed E-state index contributed by atoms with van der Waals surface area (Å²) in [7, 11) is 0. The summed E-state index contributed by atoms with van der Waals surface area (Å²) in [5, 5.41) is 5.51. The number of thiophene rings is 1. The molecule has 0 radical (unpaired) electrons. The fourth-order valence-electron chi connectivity index (χ4n) is 3.71. The summed E-state index contributed by atoms with van der Waals surface area (Å²) < 4.78 is 1.51. The second kappa shape index (κ2) is 8.43. The molecule has 4 rings (SSSR count). The van der Waals surface area contributed by atoms with Crippen LogP contribution in [0.25, 0.3) is 21.3 Å². The van der Waals surface area contributed by atoms with E-state index < -0.39 is 0 Å². The first kappa shape index (κ1) is 20.9. The molecule has 0 fully saturated rings. The number of aromatic nitrogens is 3. The molecule has 7 heteroatoms. The highest BCUT2D eigenvalue weighted by atomic mass is 32.1. The van der Waals surface area contributed by atoms with E-state index in [1.54, 1.807) is 0 Å². The minimum absolute atomic E-state index is 0.126. The van der Waals surface area contributed by atoms with Gasteiger partial charge in [-0.3, -0.25) is 19.1 Å². The number of nitrogens with zero attached hydrogens (tertiary/aromatic N) is 3. The number of carbonyl (C=O) groups excluding carboxylic acids is 1. The Labute approximate surface area is 184 Å². The van der Waals surface area contributed by atoms with Crippen LogP contribution < -0.4 is 10.9 Å². The lowest BCUT2D eigenvalue weighted by Crippen LogP contribution is -2.24. The standard InChI is InChI=1S/C24H24N4O2S/c1-14-5-7-18(8-6-14)19-12-31-23-21(19)24(30)28(13-25-23)10-9-20(29)27-22-15(2)11-16(3)26-17(22)4/h5-8,11-13H,9-10H2,1-4H3,(H,27,29). The van der Waals surface area contributed by atoms with Crippen LogP contribution in [0.15, 0.2) is 46.8 Å². The molecule has 1 amide bonds. The summed E-state index contributed by atoms with van der Waals surface area (Å²) >= 11 is 1.46. The Bertz CT molecular complexity index is 1310. The zero-order valence-electron chi connectivity index (χ0n) is 18.0. The van der Waals surface area contributed by atoms with E-state index in [1.807, 2.05) is 63.4 Å². The Morgan fingerprint density at radius 1 is 1.13 bits per heavy atom. The van der Waals surface area contributed by atoms with E-state index >= 15 is 0 Å². The van der Waals surface area contributed by atoms with E-state index in [1.165, 1.54) is 27.8 Å². The Morgan fingerprint density at radius 3 is 2.58 bits per heavy atom. The Hall–Kier alpha value is -3.32. The van der Waals surface area contributed by atoms with Crippen LogP contribution in [-0.4, -0.2) is 20.4 Å². The van der Waals surface area contributed by atoms with Crippen molar-refractivity contribution in [1.29, 1.82) is 0 Å². The number of hydrogen-bond donors (Lipinski definition) is 1. The molecule has 31 heavy (non-hydrogen) atoms. The molecule has 6 nitrogen and oxygen atoms in total. The summed E-state index contributed by atoms with van der Waals surface area (Å²) in [6, 6.07) is 10.0. The number of hydrogen-bond acceptors (Lipinski definition) is 5. The summed E-state index contributed by atoms with van der Waals surface area (Å²) in [5.41, 5.74) is 6.32. The van der Waals surface area contributed by atoms with Crippen molar-refractivity contribution in [3.8, 4) is 11.1 Å². The summed E-state index contributed by atoms with van der Waals surface area (Å²) in [6.07, 6.45) is 1.70. The van der Waals surface area contributed by atoms with Gasteiger partial charge in [-0.25, -0.2) is 4.98 Å². The Morgan fingerprint density at radius 2 is 1.87 bits per heavy atom. The van der Waals surface area contributed by atoms with Gasteiger partial charge in [0.2, 0.25) is 5.91 Å². The zero-order valence-corrected chi connectivity index (χ0v) is 18.8. The van der Waals surface area contributed by atoms with Crippen LogP contribution in [0, 0.1) is 27.7 Å². The van der Waals surface area contributed by atoms with Crippen LogP contribution in [0.2, 0.25) is 0 Å². The van der Waals surface area contributed by atoms with Gasteiger partial charge in [0.1, 0.15) is 4.83 Å². The second-order valence-electron chi connectivity index (χ2n) is 7.78. The van der Waals surface area contributed by atoms with Crippen molar-refractivity contribution < 1.29 is 4.79 Å². The molecule has 0 spiro atoms. The van der Waals surface area contributed by atoms with Gasteiger partial charge < -0.3 is 5.32 Å². The molecule has 0 bridgehead atoms. The number of nitrogens with one attached hydrogen (secondary N) is 1. The quantitative estimate of drug-likeness (QED) is 0.492. The van der Waals surface area contributed by atoms with Crippen LogP contribution in [-0.2, 0) is 11.3 Å². The van der Waals surface area contributed by atoms with Crippen molar-refractivity contribution in [3.63, 3.8) is 0 Å². The number of amides is 1. The minimum atomic E-state index is -0.159. The molecule has 0 saturated heterocycles. The van der Waals surface area contributed by atoms with Crippen LogP contribution >= 0.6 is 11.3 Å². The van der Waals surface area contributed by atoms with Crippen molar-refractivity contribution in [1.82, 2.24) is 14.5 Å². The first-order chi connectivity index (χ1) is 14.8. The summed E-state index contributed by atoms with van der Waals surface area (Å²) in [5.74, 6) is -0.159. The fraction of sp³-hybridized carbons (Fsp3) is 0.250. The number of anilines is 1. The lowest BCUT2D eigenvalue weighted by atomic mass is 10.1. The van der Waals surface area contributed by atoms with Crippen LogP contribution in [0.4, 0.5) is 5.69 Å². The highest BCUT2D eigenvalue weighted by Gasteiger charge is 2.15. The predicted octanol–water partition coefficient (Wildman–Crippen LogP) is 4.78. The summed E-state index contributed by atoms with van der Waals surface area (Å²) in [4.78, 5) is 35.3. The van der Waals surface area contributed by atoms with Crippen molar-refractivity contribution in [3.05, 3.63) is 74.9 Å². The lowest BCUT2D eigenvalue weighted by Gasteiger charge is -2.12. The largest absolute Gasteiger partial charge is 0.324 e. The third-order valence-electron chi connectivity index (χ3n) is 5.29. The van der Waals surface area contributed by atoms with Gasteiger partial charge in [-0.05, 0) is 44.9 Å². The van der Waals surface area contributed by atoms with Crippen LogP contribution in [0.1, 0.15) is 28.9 Å². The van der Waals surface area contributed by atoms with Gasteiger partial charge in [-0.2, -0.15) is 0 Å². The molecule has 0 atom stereocenters. The maximum absolute atomic E-state index is 13.2. The third-order valence-corrected chi connectivity index (χ3v) is 6.18. The van der Waals surface area contributed by atoms with E-state index in [-0.39, 0.29) is 24.4 Å². The van der Waals surface area contributed by atoms with Crippen molar-refractivity contribution in [2.45, 2.75) is 40.7 Å². The van der Waals surface area contributed by atoms with E-state index in [0.717, 1.165) is 33.8 Å². The SMILES string of the molecule is Cc1ccc(-c2csc3ncn(CCC(=O)Nc4c(C)cc(C)nc4C)c(=O)c23)cc1. The van der Waals surface area contributed by atoms with Crippen molar-refractivity contribution in [2.75, 3.05) is 5.32 Å². The molecular weight excluding hydrogens is 408 g/mol. The Balaban J connectivity index is 1.56. The summed E-state index contributed by atoms with van der Waals surface area (Å²) in [6.45, 7) is 8.04. The normalized spacial score (nSPS) is 11.1. The molecule has 0 aliphatic carbocycles. The van der Waals surface area contributed by atoms with E-state index in [0.29, 0.717) is 10.2 Å². The molecular formula is C24H24N4O2S. The first-order valence-electron chi connectivity index (χ1n) is 10.1. The molecule has 0 aliphatic rings. The molecule has 4 aromatic rings. The van der Waals surface area contributed by atoms with Gasteiger partial charge in [0.05, 0.1) is 23.1 Å². The van der Waals surface area contributed by atoms with E-state index in [2.05, 4.69) is 15.3 Å². The van der Waals surface area contributed by atoms with Crippen molar-refractivity contribution >= 4 is 33.1 Å². The van der Waals surface area contributed by atoms with Crippen LogP contribution in [0.5, 0.6) is 0 Å². The third kappa shape index (κ3) is 4.27. The molecule has 0 saturated carbocycles. The predicted molar refractivity (Wildman–Crippen MR) is 126 cm³/mol. The van der Waals surface area contributed by atoms with Gasteiger partial charge in [0.25, 0.3) is 5.56 Å². The van der Waals surface area contributed by atoms with Crippen LogP contribution in [0.3, 0.4) is 0 Å². The molecule has 0 aliphatic heterocycles. The second-order valence-corrected chi connectivity index (χ2v) is 8.64. The van der Waals surface area contributed by atoms with Gasteiger partial charge in [0.15, 0.2) is 0 Å². The molecule has 1 aromatic carbocycles. The average molecular weight is 433 g/mol. The maximum atomic E-state index is 13.2. The number of pyridine rings is 1. The lowest BCUT2D eigenvalue weighted by molar-refractivity contribution is -0.116. The molecule has 158 valence electrons. The van der Waals surface area contributed by atoms with E-state index in [9.17, 15) is 9.59 Å². The van der Waals surface area contributed by atoms with Gasteiger partial charge >= 0.3 is 0 Å². The number of aryl methyl sites for hydroxylation is 5. The van der Waals surface area contributed by atoms with Crippen molar-refractivity contribution in [2.24, 2.45) is 0 Å². The molecule has 3 heterocycles. The highest BCUT2D eigenvalue weighted by Crippen LogP contribution is 2.30. The molecule has 3 aromatic heterocycles. The fourth-order valence-corrected chi connectivity index (χ4v) is 4.62. The number of carbonyl (C=O) groups is 1. The van der Waals surface area contributed by atoms with Gasteiger partial charge in [-0.15, -0.1) is 11.3 Å². The topological polar surface area (TPSA) is 76.9 Å². The maximum Gasteiger partial charge on any atom is 0.262 e. The monoisotopic (exact) mass is 432 g/mol. The van der Waals surface area contributed by atoms with E-state index in [4.69, 9.17) is 0 Å². The smallest absolute Gasteiger partial charge is 0.262 e. The average Bonchev–Trinajstić information content (AvgIpc) is 3.16. The minimum Gasteiger partial charge on any atom is -0.324 e. The first-order valence-corrected chi connectivity index (χ1v) is 11.0. The van der Waals surface area contributed by atoms with Gasteiger partial charge in [0, 0.05) is 29.6 Å². The molecule has 1 N–H and O–H groups in total. The van der Waals surface area contributed by atoms with Gasteiger partial charge in [-0.1, -0.05) is 29.8 Å². The Kier molecular flexibility index (Phi) is 5.69. The number of benzene rings is 1. The zero-order chi connectivity index (χ0) is 22.1. The highest BCUT2D eigenvalue weighted by molar-refractivity contribution is 7.17. The molecule has 0 unspecified atom stereocenters.